The Bertz CT molecular complexity index is 204. The maximum atomic E-state index is 10.8. The number of nitrogens with zero attached hydrogens (tertiary/aromatic N) is 2. The van der Waals surface area contributed by atoms with Gasteiger partial charge in [0.25, 0.3) is 0 Å². The van der Waals surface area contributed by atoms with Crippen LogP contribution in [0.3, 0.4) is 0 Å². The van der Waals surface area contributed by atoms with Crippen molar-refractivity contribution in [2.24, 2.45) is 11.2 Å². The van der Waals surface area contributed by atoms with Crippen LogP contribution in [0.25, 0.3) is 0 Å². The number of ether oxygens (including phenoxy) is 1. The first-order valence-electron chi connectivity index (χ1n) is 4.69. The highest BCUT2D eigenvalue weighted by molar-refractivity contribution is 5.66. The standard InChI is InChI=1S/C9H18N2O3/c1-6(2)9(14-8(5)12)11(10-13)7(3)4/h6-7,9H,1-5H3. The molecule has 0 radical (unpaired) electrons. The van der Waals surface area contributed by atoms with E-state index in [1.165, 1.54) is 11.9 Å². The molecule has 0 aliphatic carbocycles. The van der Waals surface area contributed by atoms with Crippen LogP contribution in [0, 0.1) is 10.8 Å². The van der Waals surface area contributed by atoms with E-state index in [0.717, 1.165) is 0 Å². The van der Waals surface area contributed by atoms with E-state index in [9.17, 15) is 9.70 Å². The van der Waals surface area contributed by atoms with Gasteiger partial charge in [0.1, 0.15) is 0 Å². The predicted molar refractivity (Wildman–Crippen MR) is 53.2 cm³/mol. The number of hydrogen-bond donors (Lipinski definition) is 0. The Kier molecular flexibility index (Phi) is 5.12. The number of nitroso groups, excluding NO2 is 1. The van der Waals surface area contributed by atoms with Crippen LogP contribution < -0.4 is 0 Å². The van der Waals surface area contributed by atoms with Crippen LogP contribution in [-0.2, 0) is 9.53 Å². The van der Waals surface area contributed by atoms with Crippen LogP contribution >= 0.6 is 0 Å². The molecule has 0 N–H and O–H groups in total. The van der Waals surface area contributed by atoms with E-state index < -0.39 is 12.2 Å². The molecule has 0 saturated heterocycles. The van der Waals surface area contributed by atoms with Gasteiger partial charge in [0.15, 0.2) is 6.23 Å². The number of hydrogen-bond acceptors (Lipinski definition) is 4. The quantitative estimate of drug-likeness (QED) is 0.296. The summed E-state index contributed by atoms with van der Waals surface area (Å²) in [6, 6.07) is -0.0840. The van der Waals surface area contributed by atoms with Crippen molar-refractivity contribution < 1.29 is 9.53 Å². The van der Waals surface area contributed by atoms with Gasteiger partial charge in [0.05, 0.1) is 5.29 Å². The summed E-state index contributed by atoms with van der Waals surface area (Å²) < 4.78 is 5.02. The molecular formula is C9H18N2O3. The number of esters is 1. The fourth-order valence-corrected chi connectivity index (χ4v) is 1.10. The van der Waals surface area contributed by atoms with Gasteiger partial charge in [-0.2, -0.15) is 0 Å². The Labute approximate surface area is 84.4 Å². The highest BCUT2D eigenvalue weighted by Gasteiger charge is 2.26. The first-order chi connectivity index (χ1) is 6.40. The van der Waals surface area contributed by atoms with Crippen LogP contribution in [0.2, 0.25) is 0 Å². The van der Waals surface area contributed by atoms with Gasteiger partial charge in [-0.3, -0.25) is 4.79 Å². The maximum Gasteiger partial charge on any atom is 0.304 e. The van der Waals surface area contributed by atoms with Gasteiger partial charge in [0.2, 0.25) is 0 Å². The van der Waals surface area contributed by atoms with E-state index in [1.807, 2.05) is 27.7 Å². The lowest BCUT2D eigenvalue weighted by atomic mass is 10.1. The third kappa shape index (κ3) is 3.72. The topological polar surface area (TPSA) is 59.0 Å². The van der Waals surface area contributed by atoms with Gasteiger partial charge in [0, 0.05) is 18.9 Å². The number of carbonyl (C=O) groups excluding carboxylic acids is 1. The zero-order valence-corrected chi connectivity index (χ0v) is 9.35. The van der Waals surface area contributed by atoms with Crippen LogP contribution in [0.1, 0.15) is 34.6 Å². The second-order valence-electron chi connectivity index (χ2n) is 3.80. The monoisotopic (exact) mass is 202 g/mol. The summed E-state index contributed by atoms with van der Waals surface area (Å²) in [7, 11) is 0. The van der Waals surface area contributed by atoms with Gasteiger partial charge < -0.3 is 4.74 Å². The van der Waals surface area contributed by atoms with Gasteiger partial charge in [-0.1, -0.05) is 13.8 Å². The minimum absolute atomic E-state index is 0.0269. The summed E-state index contributed by atoms with van der Waals surface area (Å²) in [5, 5.41) is 4.12. The van der Waals surface area contributed by atoms with Crippen LogP contribution in [0.5, 0.6) is 0 Å². The minimum Gasteiger partial charge on any atom is -0.440 e. The van der Waals surface area contributed by atoms with Crippen molar-refractivity contribution in [2.45, 2.75) is 46.9 Å². The zero-order chi connectivity index (χ0) is 11.3. The molecule has 0 heterocycles. The van der Waals surface area contributed by atoms with Gasteiger partial charge in [-0.05, 0) is 13.8 Å². The van der Waals surface area contributed by atoms with Crippen LogP contribution in [-0.4, -0.2) is 23.2 Å². The molecular weight excluding hydrogens is 184 g/mol. The largest absolute Gasteiger partial charge is 0.440 e. The van der Waals surface area contributed by atoms with Gasteiger partial charge in [-0.25, -0.2) is 5.01 Å². The molecule has 82 valence electrons. The van der Waals surface area contributed by atoms with Crippen molar-refractivity contribution >= 4 is 5.97 Å². The van der Waals surface area contributed by atoms with Gasteiger partial charge >= 0.3 is 5.97 Å². The molecule has 0 aromatic carbocycles. The smallest absolute Gasteiger partial charge is 0.304 e. The van der Waals surface area contributed by atoms with E-state index in [0.29, 0.717) is 0 Å². The van der Waals surface area contributed by atoms with E-state index in [2.05, 4.69) is 5.29 Å². The first-order valence-corrected chi connectivity index (χ1v) is 4.69. The molecule has 14 heavy (non-hydrogen) atoms. The van der Waals surface area contributed by atoms with Crippen molar-refractivity contribution in [3.63, 3.8) is 0 Å². The fraction of sp³-hybridized carbons (Fsp3) is 0.889. The predicted octanol–water partition coefficient (Wildman–Crippen LogP) is 1.92. The Balaban J connectivity index is 4.60. The summed E-state index contributed by atoms with van der Waals surface area (Å²) in [4.78, 5) is 21.4. The Morgan fingerprint density at radius 1 is 1.29 bits per heavy atom. The van der Waals surface area contributed by atoms with Crippen molar-refractivity contribution in [3.05, 3.63) is 4.91 Å². The number of carbonyl (C=O) groups is 1. The molecule has 0 amide bonds. The Morgan fingerprint density at radius 3 is 2.00 bits per heavy atom. The molecule has 0 aromatic rings. The van der Waals surface area contributed by atoms with Gasteiger partial charge in [-0.15, -0.1) is 4.91 Å². The molecule has 5 heteroatoms. The Hall–Kier alpha value is -1.13. The molecule has 0 saturated carbocycles. The second-order valence-corrected chi connectivity index (χ2v) is 3.80. The zero-order valence-electron chi connectivity index (χ0n) is 9.35. The highest BCUT2D eigenvalue weighted by atomic mass is 16.6. The van der Waals surface area contributed by atoms with E-state index in [4.69, 9.17) is 4.74 Å². The number of rotatable bonds is 5. The fourth-order valence-electron chi connectivity index (χ4n) is 1.10. The first kappa shape index (κ1) is 12.9. The molecule has 0 aromatic heterocycles. The van der Waals surface area contributed by atoms with Crippen LogP contribution in [0.15, 0.2) is 5.29 Å². The molecule has 0 aliphatic rings. The third-order valence-electron chi connectivity index (χ3n) is 1.74. The second kappa shape index (κ2) is 5.57. The maximum absolute atomic E-state index is 10.8. The Morgan fingerprint density at radius 2 is 1.79 bits per heavy atom. The highest BCUT2D eigenvalue weighted by Crippen LogP contribution is 2.16. The third-order valence-corrected chi connectivity index (χ3v) is 1.74. The molecule has 0 aliphatic heterocycles. The lowest BCUT2D eigenvalue weighted by Crippen LogP contribution is -2.42. The molecule has 1 atom stereocenters. The molecule has 0 fully saturated rings. The molecule has 1 unspecified atom stereocenters. The molecule has 0 spiro atoms. The SMILES string of the molecule is CC(=O)OC(C(C)C)N(N=O)C(C)C. The summed E-state index contributed by atoms with van der Waals surface area (Å²) in [5.41, 5.74) is 0. The van der Waals surface area contributed by atoms with E-state index in [1.54, 1.807) is 0 Å². The normalized spacial score (nSPS) is 12.8. The summed E-state index contributed by atoms with van der Waals surface area (Å²) in [6.45, 7) is 8.70. The van der Waals surface area contributed by atoms with Crippen molar-refractivity contribution in [3.8, 4) is 0 Å². The summed E-state index contributed by atoms with van der Waals surface area (Å²) in [5.74, 6) is -0.378. The molecule has 0 rings (SSSR count). The van der Waals surface area contributed by atoms with Crippen molar-refractivity contribution in [1.29, 1.82) is 0 Å². The van der Waals surface area contributed by atoms with Crippen LogP contribution in [0.4, 0.5) is 0 Å². The minimum atomic E-state index is -0.579. The van der Waals surface area contributed by atoms with E-state index in [-0.39, 0.29) is 12.0 Å². The molecule has 5 nitrogen and oxygen atoms in total. The van der Waals surface area contributed by atoms with Crippen molar-refractivity contribution in [1.82, 2.24) is 5.01 Å². The average Bonchev–Trinajstić information content (AvgIpc) is 2.02. The van der Waals surface area contributed by atoms with E-state index >= 15 is 0 Å². The van der Waals surface area contributed by atoms with Crippen molar-refractivity contribution in [2.75, 3.05) is 0 Å². The summed E-state index contributed by atoms with van der Waals surface area (Å²) in [6.07, 6.45) is -0.579. The lowest BCUT2D eigenvalue weighted by Gasteiger charge is -2.31. The molecule has 0 bridgehead atoms. The summed E-state index contributed by atoms with van der Waals surface area (Å²) >= 11 is 0. The average molecular weight is 202 g/mol. The lowest BCUT2D eigenvalue weighted by molar-refractivity contribution is -0.164.